The predicted octanol–water partition coefficient (Wildman–Crippen LogP) is 1.61. The number of aryl methyl sites for hydroxylation is 2. The first kappa shape index (κ1) is 15.0. The number of ether oxygens (including phenoxy) is 1. The van der Waals surface area contributed by atoms with Crippen LogP contribution in [0.25, 0.3) is 0 Å². The average Bonchev–Trinajstić information content (AvgIpc) is 2.64. The molecule has 1 aromatic rings. The first-order valence-corrected chi connectivity index (χ1v) is 7.30. The standard InChI is InChI=1S/C15H25N3O2/c1-10-9-20-11(2)8-18(10)15(19)7-6-14-12(3)16-17(5)13(14)4/h10-11H,6-9H2,1-5H3. The van der Waals surface area contributed by atoms with Crippen LogP contribution in [-0.2, 0) is 23.0 Å². The highest BCUT2D eigenvalue weighted by atomic mass is 16.5. The Morgan fingerprint density at radius 3 is 2.70 bits per heavy atom. The molecule has 1 aliphatic heterocycles. The number of aromatic nitrogens is 2. The number of hydrogen-bond acceptors (Lipinski definition) is 3. The van der Waals surface area contributed by atoms with Crippen molar-refractivity contribution in [2.45, 2.75) is 52.7 Å². The number of carbonyl (C=O) groups excluding carboxylic acids is 1. The van der Waals surface area contributed by atoms with Gasteiger partial charge in [0.15, 0.2) is 0 Å². The Labute approximate surface area is 120 Å². The van der Waals surface area contributed by atoms with E-state index < -0.39 is 0 Å². The van der Waals surface area contributed by atoms with Crippen LogP contribution in [0, 0.1) is 13.8 Å². The van der Waals surface area contributed by atoms with E-state index in [0.717, 1.165) is 17.8 Å². The summed E-state index contributed by atoms with van der Waals surface area (Å²) in [6.45, 7) is 9.46. The van der Waals surface area contributed by atoms with Crippen LogP contribution in [0.15, 0.2) is 0 Å². The first-order chi connectivity index (χ1) is 9.40. The van der Waals surface area contributed by atoms with Crippen molar-refractivity contribution in [3.05, 3.63) is 17.0 Å². The van der Waals surface area contributed by atoms with Crippen molar-refractivity contribution in [1.29, 1.82) is 0 Å². The van der Waals surface area contributed by atoms with Gasteiger partial charge in [-0.2, -0.15) is 5.10 Å². The summed E-state index contributed by atoms with van der Waals surface area (Å²) in [5.74, 6) is 0.218. The Morgan fingerprint density at radius 2 is 2.10 bits per heavy atom. The Bertz CT molecular complexity index is 496. The minimum atomic E-state index is 0.136. The molecule has 2 atom stereocenters. The molecule has 2 unspecified atom stereocenters. The summed E-state index contributed by atoms with van der Waals surface area (Å²) in [6, 6.07) is 0.176. The molecule has 112 valence electrons. The van der Waals surface area contributed by atoms with E-state index in [-0.39, 0.29) is 18.1 Å². The van der Waals surface area contributed by atoms with Gasteiger partial charge in [0, 0.05) is 25.7 Å². The van der Waals surface area contributed by atoms with Gasteiger partial charge in [-0.05, 0) is 39.7 Å². The highest BCUT2D eigenvalue weighted by molar-refractivity contribution is 5.77. The number of hydrogen-bond donors (Lipinski definition) is 0. The lowest BCUT2D eigenvalue weighted by Crippen LogP contribution is -2.50. The molecule has 0 N–H and O–H groups in total. The maximum absolute atomic E-state index is 12.4. The molecule has 0 radical (unpaired) electrons. The van der Waals surface area contributed by atoms with Crippen LogP contribution in [0.5, 0.6) is 0 Å². The molecule has 1 saturated heterocycles. The van der Waals surface area contributed by atoms with Crippen molar-refractivity contribution < 1.29 is 9.53 Å². The van der Waals surface area contributed by atoms with E-state index in [9.17, 15) is 4.79 Å². The molecule has 20 heavy (non-hydrogen) atoms. The number of rotatable bonds is 3. The van der Waals surface area contributed by atoms with Gasteiger partial charge >= 0.3 is 0 Å². The zero-order valence-electron chi connectivity index (χ0n) is 13.1. The fourth-order valence-electron chi connectivity index (χ4n) is 2.81. The Hall–Kier alpha value is -1.36. The minimum absolute atomic E-state index is 0.136. The minimum Gasteiger partial charge on any atom is -0.375 e. The first-order valence-electron chi connectivity index (χ1n) is 7.30. The van der Waals surface area contributed by atoms with Gasteiger partial charge in [0.1, 0.15) is 0 Å². The van der Waals surface area contributed by atoms with Crippen molar-refractivity contribution >= 4 is 5.91 Å². The molecule has 1 aromatic heterocycles. The zero-order chi connectivity index (χ0) is 14.9. The topological polar surface area (TPSA) is 47.4 Å². The lowest BCUT2D eigenvalue weighted by Gasteiger charge is -2.37. The van der Waals surface area contributed by atoms with Gasteiger partial charge in [0.2, 0.25) is 5.91 Å². The second kappa shape index (κ2) is 5.95. The number of morpholine rings is 1. The third kappa shape index (κ3) is 3.03. The summed E-state index contributed by atoms with van der Waals surface area (Å²) in [5.41, 5.74) is 3.38. The normalized spacial score (nSPS) is 23.1. The molecule has 5 nitrogen and oxygen atoms in total. The van der Waals surface area contributed by atoms with Crippen LogP contribution in [0.2, 0.25) is 0 Å². The van der Waals surface area contributed by atoms with Crippen molar-refractivity contribution in [1.82, 2.24) is 14.7 Å². The average molecular weight is 279 g/mol. The van der Waals surface area contributed by atoms with Gasteiger partial charge < -0.3 is 9.64 Å². The molecule has 2 heterocycles. The number of nitrogens with zero attached hydrogens (tertiary/aromatic N) is 3. The summed E-state index contributed by atoms with van der Waals surface area (Å²) in [7, 11) is 1.94. The third-order valence-corrected chi connectivity index (χ3v) is 4.18. The summed E-state index contributed by atoms with van der Waals surface area (Å²) in [6.07, 6.45) is 1.45. The van der Waals surface area contributed by atoms with Crippen molar-refractivity contribution in [3.8, 4) is 0 Å². The highest BCUT2D eigenvalue weighted by Gasteiger charge is 2.27. The smallest absolute Gasteiger partial charge is 0.223 e. The van der Waals surface area contributed by atoms with E-state index in [2.05, 4.69) is 12.0 Å². The highest BCUT2D eigenvalue weighted by Crippen LogP contribution is 2.17. The summed E-state index contributed by atoms with van der Waals surface area (Å²) in [4.78, 5) is 14.4. The van der Waals surface area contributed by atoms with E-state index in [1.54, 1.807) is 0 Å². The Balaban J connectivity index is 1.98. The van der Waals surface area contributed by atoms with Gasteiger partial charge in [0.05, 0.1) is 24.4 Å². The molecular weight excluding hydrogens is 254 g/mol. The molecule has 5 heteroatoms. The van der Waals surface area contributed by atoms with Crippen LogP contribution in [0.4, 0.5) is 0 Å². The Kier molecular flexibility index (Phi) is 4.48. The van der Waals surface area contributed by atoms with Crippen LogP contribution in [0.3, 0.4) is 0 Å². The molecule has 1 aliphatic rings. The molecule has 0 bridgehead atoms. The quantitative estimate of drug-likeness (QED) is 0.844. The van der Waals surface area contributed by atoms with Crippen LogP contribution < -0.4 is 0 Å². The van der Waals surface area contributed by atoms with E-state index in [1.165, 1.54) is 5.56 Å². The number of carbonyl (C=O) groups is 1. The SMILES string of the molecule is Cc1nn(C)c(C)c1CCC(=O)N1CC(C)OCC1C. The maximum Gasteiger partial charge on any atom is 0.223 e. The van der Waals surface area contributed by atoms with Gasteiger partial charge in [0.25, 0.3) is 0 Å². The van der Waals surface area contributed by atoms with Crippen LogP contribution in [-0.4, -0.2) is 45.9 Å². The second-order valence-corrected chi connectivity index (χ2v) is 5.81. The monoisotopic (exact) mass is 279 g/mol. The molecule has 0 aromatic carbocycles. The molecular formula is C15H25N3O2. The molecule has 2 rings (SSSR count). The lowest BCUT2D eigenvalue weighted by atomic mass is 10.1. The van der Waals surface area contributed by atoms with Gasteiger partial charge in [-0.3, -0.25) is 9.48 Å². The van der Waals surface area contributed by atoms with Crippen LogP contribution in [0.1, 0.15) is 37.2 Å². The molecule has 1 amide bonds. The summed E-state index contributed by atoms with van der Waals surface area (Å²) < 4.78 is 7.45. The lowest BCUT2D eigenvalue weighted by molar-refractivity contribution is -0.143. The van der Waals surface area contributed by atoms with Crippen LogP contribution >= 0.6 is 0 Å². The van der Waals surface area contributed by atoms with E-state index in [4.69, 9.17) is 4.74 Å². The Morgan fingerprint density at radius 1 is 1.40 bits per heavy atom. The van der Waals surface area contributed by atoms with Crippen molar-refractivity contribution in [2.75, 3.05) is 13.2 Å². The molecule has 0 spiro atoms. The number of amides is 1. The van der Waals surface area contributed by atoms with E-state index >= 15 is 0 Å². The summed E-state index contributed by atoms with van der Waals surface area (Å²) in [5, 5.41) is 4.40. The molecule has 0 aliphatic carbocycles. The fraction of sp³-hybridized carbons (Fsp3) is 0.733. The third-order valence-electron chi connectivity index (χ3n) is 4.18. The maximum atomic E-state index is 12.4. The van der Waals surface area contributed by atoms with E-state index in [1.807, 2.05) is 37.4 Å². The van der Waals surface area contributed by atoms with Gasteiger partial charge in [-0.1, -0.05) is 0 Å². The second-order valence-electron chi connectivity index (χ2n) is 5.81. The largest absolute Gasteiger partial charge is 0.375 e. The summed E-state index contributed by atoms with van der Waals surface area (Å²) >= 11 is 0. The van der Waals surface area contributed by atoms with Gasteiger partial charge in [-0.15, -0.1) is 0 Å². The van der Waals surface area contributed by atoms with Crippen molar-refractivity contribution in [3.63, 3.8) is 0 Å². The zero-order valence-corrected chi connectivity index (χ0v) is 13.1. The fourth-order valence-corrected chi connectivity index (χ4v) is 2.81. The molecule has 1 fully saturated rings. The van der Waals surface area contributed by atoms with E-state index in [0.29, 0.717) is 19.6 Å². The van der Waals surface area contributed by atoms with Crippen molar-refractivity contribution in [2.24, 2.45) is 7.05 Å². The molecule has 0 saturated carbocycles. The van der Waals surface area contributed by atoms with Gasteiger partial charge in [-0.25, -0.2) is 0 Å². The predicted molar refractivity (Wildman–Crippen MR) is 77.6 cm³/mol.